The first-order chi connectivity index (χ1) is 16.2. The number of carbonyl (C=O) groups excluding carboxylic acids is 1. The van der Waals surface area contributed by atoms with Crippen LogP contribution in [0.25, 0.3) is 11.5 Å². The maximum absolute atomic E-state index is 12.6. The quantitative estimate of drug-likeness (QED) is 0.429. The van der Waals surface area contributed by atoms with Crippen LogP contribution in [0.4, 0.5) is 5.69 Å². The van der Waals surface area contributed by atoms with Gasteiger partial charge in [-0.15, -0.1) is 0 Å². The molecule has 1 fully saturated rings. The zero-order chi connectivity index (χ0) is 22.9. The second-order valence-electron chi connectivity index (χ2n) is 7.82. The number of rotatable bonds is 7. The fourth-order valence-corrected chi connectivity index (χ4v) is 3.80. The Balaban J connectivity index is 1.17. The van der Waals surface area contributed by atoms with Gasteiger partial charge in [0.25, 0.3) is 0 Å². The Morgan fingerprint density at radius 2 is 1.70 bits per heavy atom. The number of benzene rings is 2. The Bertz CT molecular complexity index is 1040. The van der Waals surface area contributed by atoms with Gasteiger partial charge < -0.3 is 24.9 Å². The molecule has 1 amide bonds. The largest absolute Gasteiger partial charge is 0.444 e. The second-order valence-corrected chi connectivity index (χ2v) is 7.82. The summed E-state index contributed by atoms with van der Waals surface area (Å²) in [5.74, 6) is 1.38. The Morgan fingerprint density at radius 1 is 1.00 bits per heavy atom. The minimum atomic E-state index is 0.162. The predicted octanol–water partition coefficient (Wildman–Crippen LogP) is 2.75. The molecule has 0 unspecified atom stereocenters. The molecule has 0 bridgehead atoms. The van der Waals surface area contributed by atoms with Crippen molar-refractivity contribution in [2.45, 2.75) is 13.0 Å². The molecule has 0 atom stereocenters. The van der Waals surface area contributed by atoms with Crippen molar-refractivity contribution in [3.8, 4) is 11.5 Å². The number of piperazine rings is 1. The monoisotopic (exact) mass is 446 g/mol. The first-order valence-electron chi connectivity index (χ1n) is 11.2. The van der Waals surface area contributed by atoms with E-state index in [1.807, 2.05) is 53.4 Å². The maximum atomic E-state index is 12.6. The Morgan fingerprint density at radius 3 is 2.39 bits per heavy atom. The minimum Gasteiger partial charge on any atom is -0.444 e. The Labute approximate surface area is 194 Å². The number of anilines is 1. The number of nitrogens with zero attached hydrogens (tertiary/aromatic N) is 4. The van der Waals surface area contributed by atoms with E-state index < -0.39 is 0 Å². The zero-order valence-electron chi connectivity index (χ0n) is 18.9. The van der Waals surface area contributed by atoms with Gasteiger partial charge in [-0.2, -0.15) is 0 Å². The molecule has 172 valence electrons. The fourth-order valence-electron chi connectivity index (χ4n) is 3.80. The SMILES string of the molecule is CN=C(NCCC(=O)N1CCN(c2ccccc2)CC1)NCc1coc(-c2ccccc2)n1. The van der Waals surface area contributed by atoms with Gasteiger partial charge in [0.05, 0.1) is 12.2 Å². The van der Waals surface area contributed by atoms with E-state index in [1.165, 1.54) is 5.69 Å². The van der Waals surface area contributed by atoms with E-state index in [0.29, 0.717) is 31.4 Å². The highest BCUT2D eigenvalue weighted by molar-refractivity contribution is 5.81. The third-order valence-electron chi connectivity index (χ3n) is 5.62. The van der Waals surface area contributed by atoms with Gasteiger partial charge in [-0.3, -0.25) is 9.79 Å². The van der Waals surface area contributed by atoms with Gasteiger partial charge in [-0.1, -0.05) is 36.4 Å². The highest BCUT2D eigenvalue weighted by atomic mass is 16.3. The molecule has 1 aliphatic heterocycles. The fraction of sp³-hybridized carbons (Fsp3) is 0.320. The van der Waals surface area contributed by atoms with Crippen LogP contribution >= 0.6 is 0 Å². The van der Waals surface area contributed by atoms with Crippen molar-refractivity contribution >= 4 is 17.6 Å². The van der Waals surface area contributed by atoms with Crippen LogP contribution < -0.4 is 15.5 Å². The highest BCUT2D eigenvalue weighted by Crippen LogP contribution is 2.18. The number of hydrogen-bond donors (Lipinski definition) is 2. The molecule has 8 nitrogen and oxygen atoms in total. The maximum Gasteiger partial charge on any atom is 0.226 e. The number of guanidine groups is 1. The topological polar surface area (TPSA) is 86.0 Å². The van der Waals surface area contributed by atoms with Crippen LogP contribution in [0.15, 0.2) is 76.3 Å². The predicted molar refractivity (Wildman–Crippen MR) is 130 cm³/mol. The van der Waals surface area contributed by atoms with E-state index in [9.17, 15) is 4.79 Å². The summed E-state index contributed by atoms with van der Waals surface area (Å²) in [6.07, 6.45) is 2.06. The summed E-state index contributed by atoms with van der Waals surface area (Å²) in [6, 6.07) is 20.1. The molecule has 2 N–H and O–H groups in total. The molecule has 1 saturated heterocycles. The van der Waals surface area contributed by atoms with E-state index >= 15 is 0 Å². The van der Waals surface area contributed by atoms with E-state index in [-0.39, 0.29) is 5.91 Å². The lowest BCUT2D eigenvalue weighted by molar-refractivity contribution is -0.131. The number of aromatic nitrogens is 1. The van der Waals surface area contributed by atoms with Crippen LogP contribution in [-0.2, 0) is 11.3 Å². The molecule has 0 saturated carbocycles. The van der Waals surface area contributed by atoms with Gasteiger partial charge in [-0.05, 0) is 24.3 Å². The van der Waals surface area contributed by atoms with Crippen molar-refractivity contribution in [2.75, 3.05) is 44.7 Å². The van der Waals surface area contributed by atoms with Crippen LogP contribution in [0.1, 0.15) is 12.1 Å². The molecule has 1 aromatic heterocycles. The molecular weight excluding hydrogens is 416 g/mol. The van der Waals surface area contributed by atoms with Crippen molar-refractivity contribution < 1.29 is 9.21 Å². The normalized spacial score (nSPS) is 14.3. The summed E-state index contributed by atoms with van der Waals surface area (Å²) < 4.78 is 5.57. The molecule has 0 spiro atoms. The smallest absolute Gasteiger partial charge is 0.226 e. The van der Waals surface area contributed by atoms with E-state index in [0.717, 1.165) is 37.4 Å². The number of nitrogens with one attached hydrogen (secondary N) is 2. The molecule has 3 aromatic rings. The number of amides is 1. The minimum absolute atomic E-state index is 0.162. The highest BCUT2D eigenvalue weighted by Gasteiger charge is 2.20. The molecule has 33 heavy (non-hydrogen) atoms. The van der Waals surface area contributed by atoms with Gasteiger partial charge >= 0.3 is 0 Å². The summed E-state index contributed by atoms with van der Waals surface area (Å²) in [5.41, 5.74) is 2.93. The lowest BCUT2D eigenvalue weighted by atomic mass is 10.2. The van der Waals surface area contributed by atoms with Crippen LogP contribution in [0, 0.1) is 0 Å². The standard InChI is InChI=1S/C25H30N6O2/c1-26-25(28-18-21-19-33-24(29-21)20-8-4-2-5-9-20)27-13-12-23(32)31-16-14-30(15-17-31)22-10-6-3-7-11-22/h2-11,19H,12-18H2,1H3,(H2,26,27,28). The van der Waals surface area contributed by atoms with Gasteiger partial charge in [0.15, 0.2) is 5.96 Å². The summed E-state index contributed by atoms with van der Waals surface area (Å²) >= 11 is 0. The Kier molecular flexibility index (Phi) is 7.58. The van der Waals surface area contributed by atoms with Crippen LogP contribution in [0.3, 0.4) is 0 Å². The molecule has 0 aliphatic carbocycles. The number of oxazole rings is 1. The molecule has 8 heteroatoms. The molecule has 0 radical (unpaired) electrons. The zero-order valence-corrected chi connectivity index (χ0v) is 18.9. The first kappa shape index (κ1) is 22.4. The van der Waals surface area contributed by atoms with Crippen molar-refractivity contribution in [3.63, 3.8) is 0 Å². The number of aliphatic imine (C=N–C) groups is 1. The van der Waals surface area contributed by atoms with E-state index in [2.05, 4.69) is 37.6 Å². The van der Waals surface area contributed by atoms with Crippen LogP contribution in [0.5, 0.6) is 0 Å². The molecule has 2 aromatic carbocycles. The van der Waals surface area contributed by atoms with Crippen molar-refractivity contribution in [1.82, 2.24) is 20.5 Å². The van der Waals surface area contributed by atoms with Crippen LogP contribution in [-0.4, -0.2) is 61.5 Å². The summed E-state index contributed by atoms with van der Waals surface area (Å²) in [4.78, 5) is 25.6. The molecule has 1 aliphatic rings. The van der Waals surface area contributed by atoms with E-state index in [4.69, 9.17) is 4.42 Å². The van der Waals surface area contributed by atoms with Gasteiger partial charge in [-0.25, -0.2) is 4.98 Å². The average molecular weight is 447 g/mol. The third kappa shape index (κ3) is 6.12. The molecular formula is C25H30N6O2. The summed E-state index contributed by atoms with van der Waals surface area (Å²) in [6.45, 7) is 4.20. The first-order valence-corrected chi connectivity index (χ1v) is 11.2. The van der Waals surface area contributed by atoms with Crippen LogP contribution in [0.2, 0.25) is 0 Å². The van der Waals surface area contributed by atoms with E-state index in [1.54, 1.807) is 13.3 Å². The molecule has 2 heterocycles. The van der Waals surface area contributed by atoms with Crippen molar-refractivity contribution in [3.05, 3.63) is 72.6 Å². The number of para-hydroxylation sites is 1. The number of carbonyl (C=O) groups is 1. The number of hydrogen-bond acceptors (Lipinski definition) is 5. The third-order valence-corrected chi connectivity index (χ3v) is 5.62. The summed E-state index contributed by atoms with van der Waals surface area (Å²) in [5, 5.41) is 6.42. The van der Waals surface area contributed by atoms with Gasteiger partial charge in [0, 0.05) is 57.4 Å². The van der Waals surface area contributed by atoms with Crippen molar-refractivity contribution in [2.24, 2.45) is 4.99 Å². The lowest BCUT2D eigenvalue weighted by Gasteiger charge is -2.36. The van der Waals surface area contributed by atoms with Gasteiger partial charge in [0.1, 0.15) is 6.26 Å². The second kappa shape index (κ2) is 11.2. The van der Waals surface area contributed by atoms with Crippen molar-refractivity contribution in [1.29, 1.82) is 0 Å². The lowest BCUT2D eigenvalue weighted by Crippen LogP contribution is -2.49. The molecule has 4 rings (SSSR count). The Hall–Kier alpha value is -3.81. The summed E-state index contributed by atoms with van der Waals surface area (Å²) in [7, 11) is 1.71. The average Bonchev–Trinajstić information content (AvgIpc) is 3.36. The van der Waals surface area contributed by atoms with Gasteiger partial charge in [0.2, 0.25) is 11.8 Å².